The highest BCUT2D eigenvalue weighted by atomic mass is 32.1. The van der Waals surface area contributed by atoms with Gasteiger partial charge in [-0.15, -0.1) is 0 Å². The molecule has 5 nitrogen and oxygen atoms in total. The SMILES string of the molecule is CCc1c(C)nn(Cc2cnc(NN)s2)c1C. The van der Waals surface area contributed by atoms with Crippen molar-refractivity contribution in [2.75, 3.05) is 5.43 Å². The molecule has 0 amide bonds. The van der Waals surface area contributed by atoms with Gasteiger partial charge >= 0.3 is 0 Å². The Labute approximate surface area is 105 Å². The number of aryl methyl sites for hydroxylation is 1. The van der Waals surface area contributed by atoms with Gasteiger partial charge in [-0.25, -0.2) is 10.8 Å². The van der Waals surface area contributed by atoms with E-state index in [1.165, 1.54) is 11.3 Å². The predicted octanol–water partition coefficient (Wildman–Crippen LogP) is 1.85. The highest BCUT2D eigenvalue weighted by Gasteiger charge is 2.11. The van der Waals surface area contributed by atoms with Crippen LogP contribution in [-0.4, -0.2) is 14.8 Å². The first-order chi connectivity index (χ1) is 8.15. The number of hydrogen-bond donors (Lipinski definition) is 2. The zero-order valence-corrected chi connectivity index (χ0v) is 11.1. The summed E-state index contributed by atoms with van der Waals surface area (Å²) in [5, 5.41) is 5.29. The Hall–Kier alpha value is -1.40. The first-order valence-corrected chi connectivity index (χ1v) is 6.41. The number of hydrogen-bond acceptors (Lipinski definition) is 5. The van der Waals surface area contributed by atoms with E-state index >= 15 is 0 Å². The van der Waals surface area contributed by atoms with Crippen molar-refractivity contribution in [3.8, 4) is 0 Å². The van der Waals surface area contributed by atoms with Gasteiger partial charge in [-0.2, -0.15) is 5.10 Å². The van der Waals surface area contributed by atoms with Crippen LogP contribution >= 0.6 is 11.3 Å². The lowest BCUT2D eigenvalue weighted by atomic mass is 10.1. The molecule has 0 aliphatic rings. The average molecular weight is 251 g/mol. The van der Waals surface area contributed by atoms with Crippen molar-refractivity contribution in [3.05, 3.63) is 28.0 Å². The van der Waals surface area contributed by atoms with Crippen molar-refractivity contribution in [1.82, 2.24) is 14.8 Å². The Balaban J connectivity index is 2.24. The molecule has 0 radical (unpaired) electrons. The second-order valence-electron chi connectivity index (χ2n) is 3.94. The molecule has 0 unspecified atom stereocenters. The molecular weight excluding hydrogens is 234 g/mol. The summed E-state index contributed by atoms with van der Waals surface area (Å²) in [4.78, 5) is 5.30. The Morgan fingerprint density at radius 3 is 2.76 bits per heavy atom. The van der Waals surface area contributed by atoms with Gasteiger partial charge in [0.15, 0.2) is 5.13 Å². The molecule has 2 aromatic rings. The Morgan fingerprint density at radius 1 is 1.47 bits per heavy atom. The van der Waals surface area contributed by atoms with Crippen molar-refractivity contribution in [2.45, 2.75) is 33.7 Å². The summed E-state index contributed by atoms with van der Waals surface area (Å²) in [7, 11) is 0. The van der Waals surface area contributed by atoms with Crippen LogP contribution in [0.3, 0.4) is 0 Å². The van der Waals surface area contributed by atoms with Crippen molar-refractivity contribution >= 4 is 16.5 Å². The number of nitrogen functional groups attached to an aromatic ring is 1. The lowest BCUT2D eigenvalue weighted by molar-refractivity contribution is 0.664. The molecule has 0 saturated carbocycles. The van der Waals surface area contributed by atoms with E-state index in [4.69, 9.17) is 5.84 Å². The molecule has 0 bridgehead atoms. The normalized spacial score (nSPS) is 10.8. The van der Waals surface area contributed by atoms with E-state index in [0.29, 0.717) is 0 Å². The molecule has 0 fully saturated rings. The number of nitrogens with zero attached hydrogens (tertiary/aromatic N) is 3. The second kappa shape index (κ2) is 4.85. The number of rotatable bonds is 4. The second-order valence-corrected chi connectivity index (χ2v) is 5.05. The van der Waals surface area contributed by atoms with E-state index in [9.17, 15) is 0 Å². The Morgan fingerprint density at radius 2 is 2.24 bits per heavy atom. The third-order valence-corrected chi connectivity index (χ3v) is 3.78. The van der Waals surface area contributed by atoms with Crippen LogP contribution < -0.4 is 11.3 Å². The smallest absolute Gasteiger partial charge is 0.197 e. The van der Waals surface area contributed by atoms with Crippen LogP contribution in [0.2, 0.25) is 0 Å². The number of nitrogens with two attached hydrogens (primary N) is 1. The minimum Gasteiger partial charge on any atom is -0.300 e. The molecule has 0 aliphatic carbocycles. The molecule has 2 heterocycles. The van der Waals surface area contributed by atoms with Gasteiger partial charge in [-0.1, -0.05) is 18.3 Å². The summed E-state index contributed by atoms with van der Waals surface area (Å²) in [5.74, 6) is 5.31. The highest BCUT2D eigenvalue weighted by molar-refractivity contribution is 7.15. The predicted molar refractivity (Wildman–Crippen MR) is 70.1 cm³/mol. The van der Waals surface area contributed by atoms with Crippen LogP contribution in [0, 0.1) is 13.8 Å². The monoisotopic (exact) mass is 251 g/mol. The molecule has 0 aliphatic heterocycles. The Bertz CT molecular complexity index is 514. The van der Waals surface area contributed by atoms with Crippen LogP contribution in [0.5, 0.6) is 0 Å². The van der Waals surface area contributed by atoms with Crippen LogP contribution in [0.15, 0.2) is 6.20 Å². The molecule has 92 valence electrons. The zero-order valence-electron chi connectivity index (χ0n) is 10.3. The molecule has 6 heteroatoms. The van der Waals surface area contributed by atoms with Crippen LogP contribution in [-0.2, 0) is 13.0 Å². The summed E-state index contributed by atoms with van der Waals surface area (Å²) >= 11 is 1.55. The van der Waals surface area contributed by atoms with Gasteiger partial charge in [0, 0.05) is 16.8 Å². The minimum absolute atomic E-state index is 0.734. The summed E-state index contributed by atoms with van der Waals surface area (Å²) in [6.07, 6.45) is 2.86. The lowest BCUT2D eigenvalue weighted by Gasteiger charge is -2.02. The fourth-order valence-electron chi connectivity index (χ4n) is 1.99. The van der Waals surface area contributed by atoms with Crippen molar-refractivity contribution in [2.24, 2.45) is 5.84 Å². The maximum Gasteiger partial charge on any atom is 0.197 e. The average Bonchev–Trinajstić information content (AvgIpc) is 2.86. The lowest BCUT2D eigenvalue weighted by Crippen LogP contribution is -2.05. The highest BCUT2D eigenvalue weighted by Crippen LogP contribution is 2.20. The van der Waals surface area contributed by atoms with E-state index in [-0.39, 0.29) is 0 Å². The summed E-state index contributed by atoms with van der Waals surface area (Å²) < 4.78 is 2.03. The van der Waals surface area contributed by atoms with E-state index in [2.05, 4.69) is 36.3 Å². The van der Waals surface area contributed by atoms with Gasteiger partial charge in [0.2, 0.25) is 0 Å². The number of nitrogens with one attached hydrogen (secondary N) is 1. The minimum atomic E-state index is 0.734. The first-order valence-electron chi connectivity index (χ1n) is 5.60. The third kappa shape index (κ3) is 2.32. The topological polar surface area (TPSA) is 68.8 Å². The molecule has 0 saturated heterocycles. The largest absolute Gasteiger partial charge is 0.300 e. The summed E-state index contributed by atoms with van der Waals surface area (Å²) in [6.45, 7) is 7.08. The molecule has 17 heavy (non-hydrogen) atoms. The number of aromatic nitrogens is 3. The fraction of sp³-hybridized carbons (Fsp3) is 0.455. The summed E-state index contributed by atoms with van der Waals surface area (Å²) in [5.41, 5.74) is 6.25. The van der Waals surface area contributed by atoms with Gasteiger partial charge in [-0.05, 0) is 25.8 Å². The van der Waals surface area contributed by atoms with E-state index in [1.54, 1.807) is 11.3 Å². The van der Waals surface area contributed by atoms with Crippen molar-refractivity contribution in [3.63, 3.8) is 0 Å². The molecule has 3 N–H and O–H groups in total. The molecule has 2 rings (SSSR count). The number of anilines is 1. The third-order valence-electron chi connectivity index (χ3n) is 2.87. The molecule has 0 atom stereocenters. The molecule has 2 aromatic heterocycles. The van der Waals surface area contributed by atoms with Gasteiger partial charge in [0.1, 0.15) is 0 Å². The maximum atomic E-state index is 5.31. The van der Waals surface area contributed by atoms with Gasteiger partial charge in [-0.3, -0.25) is 10.1 Å². The quantitative estimate of drug-likeness (QED) is 0.643. The van der Waals surface area contributed by atoms with E-state index in [1.807, 2.05) is 10.9 Å². The van der Waals surface area contributed by atoms with Crippen molar-refractivity contribution in [1.29, 1.82) is 0 Å². The number of hydrazine groups is 1. The van der Waals surface area contributed by atoms with Crippen LogP contribution in [0.25, 0.3) is 0 Å². The van der Waals surface area contributed by atoms with Gasteiger partial charge in [0.25, 0.3) is 0 Å². The van der Waals surface area contributed by atoms with Crippen molar-refractivity contribution < 1.29 is 0 Å². The maximum absolute atomic E-state index is 5.31. The van der Waals surface area contributed by atoms with E-state index in [0.717, 1.165) is 28.7 Å². The van der Waals surface area contributed by atoms with Gasteiger partial charge in [0.05, 0.1) is 12.2 Å². The van der Waals surface area contributed by atoms with Gasteiger partial charge < -0.3 is 0 Å². The molecule has 0 spiro atoms. The molecular formula is C11H17N5S. The zero-order chi connectivity index (χ0) is 12.4. The summed E-state index contributed by atoms with van der Waals surface area (Å²) in [6, 6.07) is 0. The Kier molecular flexibility index (Phi) is 3.44. The molecule has 0 aromatic carbocycles. The van der Waals surface area contributed by atoms with E-state index < -0.39 is 0 Å². The van der Waals surface area contributed by atoms with Crippen LogP contribution in [0.4, 0.5) is 5.13 Å². The standard InChI is InChI=1S/C11H17N5S/c1-4-10-7(2)15-16(8(10)3)6-9-5-13-11(14-12)17-9/h5H,4,6,12H2,1-3H3,(H,13,14). The fourth-order valence-corrected chi connectivity index (χ4v) is 2.70. The number of thiazole rings is 1. The first kappa shape index (κ1) is 12.1. The van der Waals surface area contributed by atoms with Crippen LogP contribution in [0.1, 0.15) is 28.8 Å².